The van der Waals surface area contributed by atoms with Crippen LogP contribution < -0.4 is 10.9 Å². The van der Waals surface area contributed by atoms with Crippen molar-refractivity contribution in [1.82, 2.24) is 4.98 Å². The molecule has 0 unspecified atom stereocenters. The molecule has 0 aromatic carbocycles. The third kappa shape index (κ3) is 2.16. The van der Waals surface area contributed by atoms with Gasteiger partial charge in [0.15, 0.2) is 5.82 Å². The number of nitro groups is 1. The van der Waals surface area contributed by atoms with Crippen molar-refractivity contribution in [3.63, 3.8) is 0 Å². The number of nitrogens with one attached hydrogen (secondary N) is 2. The highest BCUT2D eigenvalue weighted by Gasteiger charge is 2.14. The van der Waals surface area contributed by atoms with Crippen LogP contribution in [0.1, 0.15) is 6.92 Å². The maximum absolute atomic E-state index is 10.8. The first-order valence-electron chi connectivity index (χ1n) is 3.66. The minimum absolute atomic E-state index is 0.199. The normalized spacial score (nSPS) is 9.50. The highest BCUT2D eigenvalue weighted by molar-refractivity contribution is 5.89. The number of amides is 1. The van der Waals surface area contributed by atoms with Gasteiger partial charge in [-0.25, -0.2) is 0 Å². The molecule has 0 aliphatic heterocycles. The molecule has 1 heterocycles. The average Bonchev–Trinajstić information content (AvgIpc) is 2.01. The molecule has 14 heavy (non-hydrogen) atoms. The lowest BCUT2D eigenvalue weighted by atomic mass is 10.4. The molecule has 1 aromatic heterocycles. The number of rotatable bonds is 2. The third-order valence-electron chi connectivity index (χ3n) is 1.39. The third-order valence-corrected chi connectivity index (χ3v) is 1.39. The van der Waals surface area contributed by atoms with Crippen molar-refractivity contribution in [3.05, 3.63) is 32.6 Å². The lowest BCUT2D eigenvalue weighted by Crippen LogP contribution is -2.14. The van der Waals surface area contributed by atoms with Gasteiger partial charge in [-0.05, 0) is 0 Å². The molecule has 0 saturated carbocycles. The summed E-state index contributed by atoms with van der Waals surface area (Å²) >= 11 is 0. The van der Waals surface area contributed by atoms with E-state index in [2.05, 4.69) is 10.3 Å². The van der Waals surface area contributed by atoms with Crippen LogP contribution in [0, 0.1) is 10.1 Å². The lowest BCUT2D eigenvalue weighted by Gasteiger charge is -2.01. The fraction of sp³-hybridized carbons (Fsp3) is 0.143. The van der Waals surface area contributed by atoms with Crippen LogP contribution in [0.5, 0.6) is 0 Å². The van der Waals surface area contributed by atoms with Gasteiger partial charge < -0.3 is 10.3 Å². The number of carbonyl (C=O) groups is 1. The maximum Gasteiger partial charge on any atom is 0.310 e. The van der Waals surface area contributed by atoms with Crippen molar-refractivity contribution >= 4 is 17.4 Å². The van der Waals surface area contributed by atoms with Gasteiger partial charge in [-0.1, -0.05) is 0 Å². The average molecular weight is 197 g/mol. The molecule has 0 atom stereocenters. The minimum Gasteiger partial charge on any atom is -0.307 e. The number of hydrogen-bond acceptors (Lipinski definition) is 4. The molecule has 74 valence electrons. The van der Waals surface area contributed by atoms with Crippen LogP contribution in [0.4, 0.5) is 11.5 Å². The van der Waals surface area contributed by atoms with Crippen LogP contribution in [0.2, 0.25) is 0 Å². The number of hydrogen-bond donors (Lipinski definition) is 2. The van der Waals surface area contributed by atoms with E-state index in [1.807, 2.05) is 0 Å². The Hall–Kier alpha value is -2.18. The second-order valence-electron chi connectivity index (χ2n) is 2.52. The fourth-order valence-corrected chi connectivity index (χ4v) is 0.890. The summed E-state index contributed by atoms with van der Waals surface area (Å²) in [6.07, 6.45) is 0. The van der Waals surface area contributed by atoms with Gasteiger partial charge in [-0.15, -0.1) is 0 Å². The van der Waals surface area contributed by atoms with Gasteiger partial charge in [0.1, 0.15) is 0 Å². The summed E-state index contributed by atoms with van der Waals surface area (Å²) in [7, 11) is 0. The fourth-order valence-electron chi connectivity index (χ4n) is 0.890. The van der Waals surface area contributed by atoms with E-state index < -0.39 is 16.4 Å². The minimum atomic E-state index is -0.693. The van der Waals surface area contributed by atoms with Gasteiger partial charge in [0.2, 0.25) is 11.5 Å². The van der Waals surface area contributed by atoms with Crippen molar-refractivity contribution in [2.75, 3.05) is 5.32 Å². The highest BCUT2D eigenvalue weighted by atomic mass is 16.6. The Kier molecular flexibility index (Phi) is 2.61. The highest BCUT2D eigenvalue weighted by Crippen LogP contribution is 2.18. The predicted molar refractivity (Wildman–Crippen MR) is 48.0 cm³/mol. The van der Waals surface area contributed by atoms with Gasteiger partial charge in [0.05, 0.1) is 4.92 Å². The van der Waals surface area contributed by atoms with Crippen molar-refractivity contribution in [3.8, 4) is 0 Å². The number of aromatic nitrogens is 1. The molecule has 0 saturated heterocycles. The topological polar surface area (TPSA) is 105 Å². The standard InChI is InChI=1S/C7H7N3O4/c1-4(11)8-7-5(10(13)14)2-3-6(12)9-7/h2-3H,1H3,(H2,8,9,11,12). The maximum atomic E-state index is 10.8. The summed E-state index contributed by atoms with van der Waals surface area (Å²) in [5.41, 5.74) is -0.862. The number of pyridine rings is 1. The quantitative estimate of drug-likeness (QED) is 0.523. The van der Waals surface area contributed by atoms with Crippen molar-refractivity contribution in [2.24, 2.45) is 0 Å². The summed E-state index contributed by atoms with van der Waals surface area (Å²) < 4.78 is 0. The Morgan fingerprint density at radius 2 is 2.21 bits per heavy atom. The van der Waals surface area contributed by atoms with Crippen LogP contribution in [-0.4, -0.2) is 15.8 Å². The number of anilines is 1. The van der Waals surface area contributed by atoms with Crippen LogP contribution >= 0.6 is 0 Å². The zero-order chi connectivity index (χ0) is 10.7. The predicted octanol–water partition coefficient (Wildman–Crippen LogP) is 0.241. The molecule has 0 spiro atoms. The van der Waals surface area contributed by atoms with Crippen LogP contribution in [0.15, 0.2) is 16.9 Å². The Balaban J connectivity index is 3.22. The van der Waals surface area contributed by atoms with E-state index in [4.69, 9.17) is 0 Å². The Labute approximate surface area is 77.9 Å². The van der Waals surface area contributed by atoms with E-state index >= 15 is 0 Å². The van der Waals surface area contributed by atoms with E-state index in [0.717, 1.165) is 12.1 Å². The number of H-pyrrole nitrogens is 1. The van der Waals surface area contributed by atoms with E-state index in [9.17, 15) is 19.7 Å². The lowest BCUT2D eigenvalue weighted by molar-refractivity contribution is -0.384. The largest absolute Gasteiger partial charge is 0.310 e. The Morgan fingerprint density at radius 3 is 2.71 bits per heavy atom. The van der Waals surface area contributed by atoms with Gasteiger partial charge in [0, 0.05) is 19.1 Å². The molecule has 7 heteroatoms. The van der Waals surface area contributed by atoms with Gasteiger partial charge in [-0.2, -0.15) is 0 Å². The molecule has 0 fully saturated rings. The molecule has 0 aliphatic carbocycles. The summed E-state index contributed by atoms with van der Waals surface area (Å²) in [6.45, 7) is 1.19. The molecule has 0 radical (unpaired) electrons. The van der Waals surface area contributed by atoms with Gasteiger partial charge in [0.25, 0.3) is 0 Å². The molecule has 0 bridgehead atoms. The van der Waals surface area contributed by atoms with E-state index in [0.29, 0.717) is 0 Å². The second-order valence-corrected chi connectivity index (χ2v) is 2.52. The smallest absolute Gasteiger partial charge is 0.307 e. The zero-order valence-electron chi connectivity index (χ0n) is 7.23. The molecular formula is C7H7N3O4. The zero-order valence-corrected chi connectivity index (χ0v) is 7.23. The second kappa shape index (κ2) is 3.69. The summed E-state index contributed by atoms with van der Waals surface area (Å²) in [5.74, 6) is -0.690. The van der Waals surface area contributed by atoms with Crippen LogP contribution in [-0.2, 0) is 4.79 Å². The summed E-state index contributed by atoms with van der Waals surface area (Å²) in [6, 6.07) is 2.05. The molecule has 7 nitrogen and oxygen atoms in total. The molecule has 1 aromatic rings. The first kappa shape index (κ1) is 9.90. The van der Waals surface area contributed by atoms with Crippen LogP contribution in [0.25, 0.3) is 0 Å². The monoisotopic (exact) mass is 197 g/mol. The number of carbonyl (C=O) groups excluding carboxylic acids is 1. The van der Waals surface area contributed by atoms with Crippen molar-refractivity contribution in [1.29, 1.82) is 0 Å². The first-order chi connectivity index (χ1) is 6.50. The first-order valence-corrected chi connectivity index (χ1v) is 3.66. The Morgan fingerprint density at radius 1 is 1.57 bits per heavy atom. The van der Waals surface area contributed by atoms with Crippen molar-refractivity contribution in [2.45, 2.75) is 6.92 Å². The molecule has 0 aliphatic rings. The number of nitrogens with zero attached hydrogens (tertiary/aromatic N) is 1. The SMILES string of the molecule is CC(=O)Nc1[nH]c(=O)ccc1[N+](=O)[O-]. The van der Waals surface area contributed by atoms with E-state index in [1.54, 1.807) is 0 Å². The van der Waals surface area contributed by atoms with Gasteiger partial charge in [-0.3, -0.25) is 19.7 Å². The summed E-state index contributed by atoms with van der Waals surface area (Å²) in [5, 5.41) is 12.6. The molecule has 1 amide bonds. The Bertz CT molecular complexity index is 437. The number of aromatic amines is 1. The van der Waals surface area contributed by atoms with Crippen molar-refractivity contribution < 1.29 is 9.72 Å². The summed E-state index contributed by atoms with van der Waals surface area (Å²) in [4.78, 5) is 33.4. The van der Waals surface area contributed by atoms with Crippen LogP contribution in [0.3, 0.4) is 0 Å². The van der Waals surface area contributed by atoms with Gasteiger partial charge >= 0.3 is 5.69 Å². The molecule has 1 rings (SSSR count). The van der Waals surface area contributed by atoms with E-state index in [1.165, 1.54) is 6.92 Å². The molecular weight excluding hydrogens is 190 g/mol. The molecule has 2 N–H and O–H groups in total. The van der Waals surface area contributed by atoms with E-state index in [-0.39, 0.29) is 11.5 Å².